The Morgan fingerprint density at radius 2 is 1.68 bits per heavy atom. The number of carbonyl (C=O) groups excluding carboxylic acids is 1. The van der Waals surface area contributed by atoms with E-state index >= 15 is 0 Å². The van der Waals surface area contributed by atoms with Crippen LogP contribution in [0, 0.1) is 19.3 Å². The molecule has 0 aromatic heterocycles. The molecule has 1 fully saturated rings. The Morgan fingerprint density at radius 1 is 1.06 bits per heavy atom. The molecule has 2 aromatic rings. The van der Waals surface area contributed by atoms with Crippen LogP contribution in [0.1, 0.15) is 55.6 Å². The van der Waals surface area contributed by atoms with Gasteiger partial charge in [0.2, 0.25) is 5.91 Å². The first kappa shape index (κ1) is 23.3. The summed E-state index contributed by atoms with van der Waals surface area (Å²) in [4.78, 5) is 14.6. The van der Waals surface area contributed by atoms with Gasteiger partial charge in [-0.25, -0.2) is 8.42 Å². The maximum absolute atomic E-state index is 12.9. The van der Waals surface area contributed by atoms with Crippen LogP contribution in [0.2, 0.25) is 0 Å². The highest BCUT2D eigenvalue weighted by Gasteiger charge is 2.31. The number of benzene rings is 2. The lowest BCUT2D eigenvalue weighted by Gasteiger charge is -2.25. The fourth-order valence-electron chi connectivity index (χ4n) is 4.23. The minimum absolute atomic E-state index is 0.0121. The van der Waals surface area contributed by atoms with Gasteiger partial charge in [0.15, 0.2) is 9.84 Å². The first-order valence-electron chi connectivity index (χ1n) is 10.9. The number of nitrogens with one attached hydrogen (secondary N) is 1. The molecule has 3 rings (SSSR count). The fourth-order valence-corrected chi connectivity index (χ4v) is 6.03. The summed E-state index contributed by atoms with van der Waals surface area (Å²) < 4.78 is 25.9. The number of hydrogen-bond acceptors (Lipinski definition) is 4. The molecule has 1 atom stereocenters. The number of anilines is 2. The van der Waals surface area contributed by atoms with Crippen molar-refractivity contribution in [3.05, 3.63) is 59.2 Å². The van der Waals surface area contributed by atoms with E-state index in [-0.39, 0.29) is 17.1 Å². The molecule has 2 aromatic carbocycles. The normalized spacial score (nSPS) is 19.0. The summed E-state index contributed by atoms with van der Waals surface area (Å²) in [5, 5.41) is 2.60. The molecule has 0 saturated carbocycles. The molecule has 6 heteroatoms. The second kappa shape index (κ2) is 9.03. The number of sulfone groups is 1. The van der Waals surface area contributed by atoms with Crippen LogP contribution in [-0.2, 0) is 14.6 Å². The van der Waals surface area contributed by atoms with Crippen molar-refractivity contribution < 1.29 is 13.2 Å². The van der Waals surface area contributed by atoms with Crippen LogP contribution in [-0.4, -0.2) is 33.2 Å². The van der Waals surface area contributed by atoms with E-state index in [9.17, 15) is 13.2 Å². The molecule has 1 aliphatic heterocycles. The van der Waals surface area contributed by atoms with E-state index in [1.165, 1.54) is 0 Å². The molecule has 1 heterocycles. The number of hydrogen-bond donors (Lipinski definition) is 1. The molecule has 1 N–H and O–H groups in total. The van der Waals surface area contributed by atoms with Crippen molar-refractivity contribution in [3.8, 4) is 0 Å². The van der Waals surface area contributed by atoms with Gasteiger partial charge in [0.05, 0.1) is 11.0 Å². The second-order valence-corrected chi connectivity index (χ2v) is 12.1. The molecular formula is C25H34N2O3S. The number of carbonyl (C=O) groups is 1. The zero-order valence-electron chi connectivity index (χ0n) is 19.2. The van der Waals surface area contributed by atoms with Gasteiger partial charge in [-0.15, -0.1) is 0 Å². The fraction of sp³-hybridized carbons (Fsp3) is 0.480. The quantitative estimate of drug-likeness (QED) is 0.720. The zero-order chi connectivity index (χ0) is 22.8. The smallest absolute Gasteiger partial charge is 0.224 e. The highest BCUT2D eigenvalue weighted by atomic mass is 32.2. The van der Waals surface area contributed by atoms with Crippen molar-refractivity contribution in [1.82, 2.24) is 0 Å². The Labute approximate surface area is 186 Å². The Hall–Kier alpha value is -2.34. The number of amides is 1. The van der Waals surface area contributed by atoms with Crippen LogP contribution in [0.4, 0.5) is 11.4 Å². The van der Waals surface area contributed by atoms with Gasteiger partial charge in [0.1, 0.15) is 0 Å². The van der Waals surface area contributed by atoms with E-state index in [4.69, 9.17) is 0 Å². The summed E-state index contributed by atoms with van der Waals surface area (Å²) >= 11 is 0. The first-order chi connectivity index (χ1) is 14.5. The Morgan fingerprint density at radius 3 is 2.26 bits per heavy atom. The molecule has 0 aliphatic carbocycles. The maximum Gasteiger partial charge on any atom is 0.224 e. The molecule has 1 saturated heterocycles. The van der Waals surface area contributed by atoms with Gasteiger partial charge in [-0.3, -0.25) is 4.79 Å². The third kappa shape index (κ3) is 5.88. The molecule has 0 radical (unpaired) electrons. The van der Waals surface area contributed by atoms with Crippen molar-refractivity contribution in [3.63, 3.8) is 0 Å². The molecule has 168 valence electrons. The highest BCUT2D eigenvalue weighted by Crippen LogP contribution is 2.33. The predicted octanol–water partition coefficient (Wildman–Crippen LogP) is 5.04. The van der Waals surface area contributed by atoms with Crippen molar-refractivity contribution in [2.24, 2.45) is 5.41 Å². The molecule has 31 heavy (non-hydrogen) atoms. The summed E-state index contributed by atoms with van der Waals surface area (Å²) in [7, 11) is -3.21. The lowest BCUT2D eigenvalue weighted by molar-refractivity contribution is -0.117. The van der Waals surface area contributed by atoms with Gasteiger partial charge in [0, 0.05) is 30.9 Å². The largest absolute Gasteiger partial charge is 0.370 e. The highest BCUT2D eigenvalue weighted by molar-refractivity contribution is 7.91. The van der Waals surface area contributed by atoms with Gasteiger partial charge in [-0.1, -0.05) is 51.1 Å². The minimum Gasteiger partial charge on any atom is -0.370 e. The van der Waals surface area contributed by atoms with Gasteiger partial charge in [-0.05, 0) is 54.5 Å². The molecule has 1 aliphatic rings. The Balaban J connectivity index is 1.80. The van der Waals surface area contributed by atoms with Crippen molar-refractivity contribution in [2.75, 3.05) is 29.1 Å². The SMILES string of the molecule is Cc1cc(N2CCC(c3ccccc3)S(=O)(=O)CC2)cc(C)c1NC(=O)CC(C)(C)C. The van der Waals surface area contributed by atoms with Crippen LogP contribution >= 0.6 is 0 Å². The molecule has 5 nitrogen and oxygen atoms in total. The van der Waals surface area contributed by atoms with Crippen LogP contribution in [0.15, 0.2) is 42.5 Å². The van der Waals surface area contributed by atoms with Crippen LogP contribution in [0.5, 0.6) is 0 Å². The Kier molecular flexibility index (Phi) is 6.79. The van der Waals surface area contributed by atoms with E-state index in [0.717, 1.165) is 28.1 Å². The summed E-state index contributed by atoms with van der Waals surface area (Å²) in [5.74, 6) is 0.146. The van der Waals surface area contributed by atoms with Crippen molar-refractivity contribution in [1.29, 1.82) is 0 Å². The number of aryl methyl sites for hydroxylation is 2. The number of rotatable bonds is 4. The molecule has 0 bridgehead atoms. The van der Waals surface area contributed by atoms with E-state index in [0.29, 0.717) is 25.9 Å². The second-order valence-electron chi connectivity index (χ2n) is 9.78. The summed E-state index contributed by atoms with van der Waals surface area (Å²) in [6, 6.07) is 13.6. The summed E-state index contributed by atoms with van der Waals surface area (Å²) in [6.45, 7) is 11.3. The van der Waals surface area contributed by atoms with Gasteiger partial charge in [-0.2, -0.15) is 0 Å². The van der Waals surface area contributed by atoms with Crippen molar-refractivity contribution >= 4 is 27.1 Å². The summed E-state index contributed by atoms with van der Waals surface area (Å²) in [5.41, 5.74) is 4.63. The molecule has 1 amide bonds. The van der Waals surface area contributed by atoms with Crippen molar-refractivity contribution in [2.45, 2.75) is 52.7 Å². The van der Waals surface area contributed by atoms with Gasteiger partial charge in [0.25, 0.3) is 0 Å². The third-order valence-corrected chi connectivity index (χ3v) is 7.88. The lowest BCUT2D eigenvalue weighted by atomic mass is 9.92. The topological polar surface area (TPSA) is 66.5 Å². The van der Waals surface area contributed by atoms with E-state index in [1.54, 1.807) is 0 Å². The zero-order valence-corrected chi connectivity index (χ0v) is 20.1. The van der Waals surface area contributed by atoms with E-state index in [1.807, 2.05) is 65.0 Å². The molecular weight excluding hydrogens is 408 g/mol. The standard InChI is InChI=1S/C25H34N2O3S/c1-18-15-21(16-19(2)24(18)26-23(28)17-25(3,4)5)27-12-11-22(31(29,30)14-13-27)20-9-7-6-8-10-20/h6-10,15-16,22H,11-14,17H2,1-5H3,(H,26,28). The van der Waals surface area contributed by atoms with Crippen LogP contribution in [0.25, 0.3) is 0 Å². The minimum atomic E-state index is -3.21. The molecule has 1 unspecified atom stereocenters. The molecule has 0 spiro atoms. The Bertz CT molecular complexity index is 1020. The van der Waals surface area contributed by atoms with Gasteiger partial charge < -0.3 is 10.2 Å². The average molecular weight is 443 g/mol. The van der Waals surface area contributed by atoms with E-state index < -0.39 is 15.1 Å². The maximum atomic E-state index is 12.9. The lowest BCUT2D eigenvalue weighted by Crippen LogP contribution is -2.27. The number of nitrogens with zero attached hydrogens (tertiary/aromatic N) is 1. The predicted molar refractivity (Wildman–Crippen MR) is 128 cm³/mol. The van der Waals surface area contributed by atoms with Gasteiger partial charge >= 0.3 is 0 Å². The van der Waals surface area contributed by atoms with Crippen LogP contribution in [0.3, 0.4) is 0 Å². The summed E-state index contributed by atoms with van der Waals surface area (Å²) in [6.07, 6.45) is 1.02. The third-order valence-electron chi connectivity index (χ3n) is 5.75. The monoisotopic (exact) mass is 442 g/mol. The van der Waals surface area contributed by atoms with Crippen LogP contribution < -0.4 is 10.2 Å². The van der Waals surface area contributed by atoms with E-state index in [2.05, 4.69) is 22.3 Å². The average Bonchev–Trinajstić information content (AvgIpc) is 2.82. The first-order valence-corrected chi connectivity index (χ1v) is 12.6.